The molecule has 1 N–H and O–H groups in total. The van der Waals surface area contributed by atoms with Crippen molar-refractivity contribution in [2.24, 2.45) is 0 Å². The van der Waals surface area contributed by atoms with Crippen LogP contribution in [0.3, 0.4) is 0 Å². The second-order valence-corrected chi connectivity index (χ2v) is 8.58. The molecule has 1 fully saturated rings. The van der Waals surface area contributed by atoms with Gasteiger partial charge in [-0.15, -0.1) is 11.8 Å². The smallest absolute Gasteiger partial charge is 0.236 e. The van der Waals surface area contributed by atoms with Gasteiger partial charge in [-0.05, 0) is 42.5 Å². The molecule has 27 heavy (non-hydrogen) atoms. The summed E-state index contributed by atoms with van der Waals surface area (Å²) in [6.45, 7) is 3.31. The average Bonchev–Trinajstić information content (AvgIpc) is 3.09. The number of ether oxygens (including phenoxy) is 1. The van der Waals surface area contributed by atoms with Crippen molar-refractivity contribution in [2.45, 2.75) is 4.90 Å². The molecule has 1 saturated heterocycles. The van der Waals surface area contributed by atoms with Crippen LogP contribution in [0.1, 0.15) is 0 Å². The molecular formula is C19H18ClN3O2S2. The molecule has 0 unspecified atom stereocenters. The predicted molar refractivity (Wildman–Crippen MR) is 113 cm³/mol. The van der Waals surface area contributed by atoms with Crippen LogP contribution in [0.5, 0.6) is 0 Å². The molecule has 0 bridgehead atoms. The first-order valence-electron chi connectivity index (χ1n) is 8.59. The SMILES string of the molecule is O=C(CSc1ccc(Cl)cc1)Nc1nc2ccc(N3CCOCC3)cc2s1. The zero-order valence-corrected chi connectivity index (χ0v) is 16.9. The Hall–Kier alpha value is -1.80. The summed E-state index contributed by atoms with van der Waals surface area (Å²) in [4.78, 5) is 20.1. The maximum atomic E-state index is 12.2. The van der Waals surface area contributed by atoms with Crippen LogP contribution in [0.15, 0.2) is 47.4 Å². The Morgan fingerprint density at radius 1 is 1.22 bits per heavy atom. The molecule has 0 saturated carbocycles. The van der Waals surface area contributed by atoms with Gasteiger partial charge in [0.25, 0.3) is 0 Å². The number of nitrogens with zero attached hydrogens (tertiary/aromatic N) is 2. The third-order valence-corrected chi connectivity index (χ3v) is 6.38. The summed E-state index contributed by atoms with van der Waals surface area (Å²) in [6, 6.07) is 13.7. The topological polar surface area (TPSA) is 54.5 Å². The van der Waals surface area contributed by atoms with Crippen molar-refractivity contribution in [1.29, 1.82) is 0 Å². The van der Waals surface area contributed by atoms with E-state index in [0.29, 0.717) is 15.9 Å². The Balaban J connectivity index is 1.39. The monoisotopic (exact) mass is 419 g/mol. The number of benzene rings is 2. The summed E-state index contributed by atoms with van der Waals surface area (Å²) in [6.07, 6.45) is 0. The number of fused-ring (bicyclic) bond motifs is 1. The molecular weight excluding hydrogens is 402 g/mol. The lowest BCUT2D eigenvalue weighted by molar-refractivity contribution is -0.113. The van der Waals surface area contributed by atoms with Crippen molar-refractivity contribution in [3.05, 3.63) is 47.5 Å². The molecule has 2 heterocycles. The lowest BCUT2D eigenvalue weighted by atomic mass is 10.2. The lowest BCUT2D eigenvalue weighted by Crippen LogP contribution is -2.36. The van der Waals surface area contributed by atoms with E-state index in [2.05, 4.69) is 27.3 Å². The maximum absolute atomic E-state index is 12.2. The van der Waals surface area contributed by atoms with E-state index in [0.717, 1.165) is 41.4 Å². The van der Waals surface area contributed by atoms with Gasteiger partial charge in [0.05, 0.1) is 29.2 Å². The van der Waals surface area contributed by atoms with Gasteiger partial charge in [0.15, 0.2) is 5.13 Å². The number of thioether (sulfide) groups is 1. The highest BCUT2D eigenvalue weighted by molar-refractivity contribution is 8.00. The standard InChI is InChI=1S/C19H18ClN3O2S2/c20-13-1-4-15(5-2-13)26-12-18(24)22-19-21-16-6-3-14(11-17(16)27-19)23-7-9-25-10-8-23/h1-6,11H,7-10,12H2,(H,21,22,24). The normalized spacial score (nSPS) is 14.5. The molecule has 4 rings (SSSR count). The second-order valence-electron chi connectivity index (χ2n) is 6.06. The fourth-order valence-corrected chi connectivity index (χ4v) is 4.56. The van der Waals surface area contributed by atoms with E-state index in [1.165, 1.54) is 28.8 Å². The Kier molecular flexibility index (Phi) is 5.83. The fraction of sp³-hybridized carbons (Fsp3) is 0.263. The van der Waals surface area contributed by atoms with Crippen LogP contribution in [0.25, 0.3) is 10.2 Å². The van der Waals surface area contributed by atoms with Crippen LogP contribution in [0.4, 0.5) is 10.8 Å². The van der Waals surface area contributed by atoms with Gasteiger partial charge in [0.2, 0.25) is 5.91 Å². The van der Waals surface area contributed by atoms with E-state index in [9.17, 15) is 4.79 Å². The molecule has 2 aromatic carbocycles. The number of halogens is 1. The van der Waals surface area contributed by atoms with Crippen LogP contribution in [-0.4, -0.2) is 42.9 Å². The fourth-order valence-electron chi connectivity index (χ4n) is 2.82. The van der Waals surface area contributed by atoms with E-state index < -0.39 is 0 Å². The number of thiazole rings is 1. The Bertz CT molecular complexity index is 940. The highest BCUT2D eigenvalue weighted by atomic mass is 35.5. The minimum Gasteiger partial charge on any atom is -0.378 e. The Morgan fingerprint density at radius 3 is 2.78 bits per heavy atom. The van der Waals surface area contributed by atoms with Gasteiger partial charge in [-0.25, -0.2) is 4.98 Å². The highest BCUT2D eigenvalue weighted by Gasteiger charge is 2.14. The lowest BCUT2D eigenvalue weighted by Gasteiger charge is -2.28. The number of anilines is 2. The van der Waals surface area contributed by atoms with Crippen LogP contribution in [0.2, 0.25) is 5.02 Å². The maximum Gasteiger partial charge on any atom is 0.236 e. The molecule has 1 aromatic heterocycles. The number of hydrogen-bond donors (Lipinski definition) is 1. The molecule has 1 aliphatic heterocycles. The summed E-state index contributed by atoms with van der Waals surface area (Å²) < 4.78 is 6.48. The van der Waals surface area contributed by atoms with Crippen molar-refractivity contribution in [1.82, 2.24) is 4.98 Å². The van der Waals surface area contributed by atoms with Crippen molar-refractivity contribution in [3.8, 4) is 0 Å². The van der Waals surface area contributed by atoms with Gasteiger partial charge >= 0.3 is 0 Å². The first kappa shape index (κ1) is 18.6. The van der Waals surface area contributed by atoms with Crippen molar-refractivity contribution in [2.75, 3.05) is 42.3 Å². The molecule has 5 nitrogen and oxygen atoms in total. The number of rotatable bonds is 5. The van der Waals surface area contributed by atoms with E-state index in [-0.39, 0.29) is 5.91 Å². The molecule has 0 spiro atoms. The van der Waals surface area contributed by atoms with E-state index >= 15 is 0 Å². The summed E-state index contributed by atoms with van der Waals surface area (Å²) in [5.41, 5.74) is 2.07. The zero-order chi connectivity index (χ0) is 18.6. The van der Waals surface area contributed by atoms with Gasteiger partial charge in [-0.1, -0.05) is 22.9 Å². The van der Waals surface area contributed by atoms with Gasteiger partial charge in [-0.3, -0.25) is 4.79 Å². The number of nitrogens with one attached hydrogen (secondary N) is 1. The molecule has 0 radical (unpaired) electrons. The van der Waals surface area contributed by atoms with Crippen molar-refractivity contribution in [3.63, 3.8) is 0 Å². The molecule has 0 atom stereocenters. The zero-order valence-electron chi connectivity index (χ0n) is 14.5. The first-order valence-corrected chi connectivity index (χ1v) is 10.8. The third-order valence-electron chi connectivity index (χ3n) is 4.18. The molecule has 1 aliphatic rings. The quantitative estimate of drug-likeness (QED) is 0.616. The summed E-state index contributed by atoms with van der Waals surface area (Å²) >= 11 is 8.85. The first-order chi connectivity index (χ1) is 13.2. The van der Waals surface area contributed by atoms with Gasteiger partial charge in [0, 0.05) is 28.7 Å². The Morgan fingerprint density at radius 2 is 2.00 bits per heavy atom. The van der Waals surface area contributed by atoms with Crippen LogP contribution in [0, 0.1) is 0 Å². The number of carbonyl (C=O) groups excluding carboxylic acids is 1. The van der Waals surface area contributed by atoms with E-state index in [1.54, 1.807) is 0 Å². The second kappa shape index (κ2) is 8.48. The summed E-state index contributed by atoms with van der Waals surface area (Å²) in [7, 11) is 0. The summed E-state index contributed by atoms with van der Waals surface area (Å²) in [5, 5.41) is 4.22. The van der Waals surface area contributed by atoms with Gasteiger partial charge < -0.3 is 15.0 Å². The van der Waals surface area contributed by atoms with Crippen LogP contribution < -0.4 is 10.2 Å². The Labute approximate surface area is 170 Å². The van der Waals surface area contributed by atoms with Crippen LogP contribution in [-0.2, 0) is 9.53 Å². The van der Waals surface area contributed by atoms with E-state index in [4.69, 9.17) is 16.3 Å². The summed E-state index contributed by atoms with van der Waals surface area (Å²) in [5.74, 6) is 0.263. The molecule has 3 aromatic rings. The molecule has 140 valence electrons. The van der Waals surface area contributed by atoms with Gasteiger partial charge in [-0.2, -0.15) is 0 Å². The van der Waals surface area contributed by atoms with Gasteiger partial charge in [0.1, 0.15) is 0 Å². The molecule has 8 heteroatoms. The minimum absolute atomic E-state index is 0.0672. The molecule has 1 amide bonds. The average molecular weight is 420 g/mol. The number of carbonyl (C=O) groups is 1. The number of hydrogen-bond acceptors (Lipinski definition) is 6. The minimum atomic E-state index is -0.0672. The van der Waals surface area contributed by atoms with Crippen LogP contribution >= 0.6 is 34.7 Å². The number of aromatic nitrogens is 1. The number of morpholine rings is 1. The highest BCUT2D eigenvalue weighted by Crippen LogP contribution is 2.30. The number of amides is 1. The van der Waals surface area contributed by atoms with Crippen molar-refractivity contribution >= 4 is 61.6 Å². The van der Waals surface area contributed by atoms with E-state index in [1.807, 2.05) is 30.3 Å². The molecule has 0 aliphatic carbocycles. The van der Waals surface area contributed by atoms with Crippen molar-refractivity contribution < 1.29 is 9.53 Å². The largest absolute Gasteiger partial charge is 0.378 e. The predicted octanol–water partition coefficient (Wildman–Crippen LogP) is 4.52. The third kappa shape index (κ3) is 4.73.